The van der Waals surface area contributed by atoms with Crippen molar-refractivity contribution in [3.8, 4) is 11.1 Å². The molecule has 0 amide bonds. The van der Waals surface area contributed by atoms with Crippen LogP contribution in [0.5, 0.6) is 0 Å². The Labute approximate surface area is 186 Å². The number of aromatic nitrogens is 4. The summed E-state index contributed by atoms with van der Waals surface area (Å²) in [5.41, 5.74) is 8.49. The molecule has 6 nitrogen and oxygen atoms in total. The van der Waals surface area contributed by atoms with E-state index in [1.165, 1.54) is 45.7 Å². The molecule has 0 unspecified atom stereocenters. The molecule has 1 saturated carbocycles. The Kier molecular flexibility index (Phi) is 4.35. The maximum atomic E-state index is 12.5. The fraction of sp³-hybridized carbons (Fsp3) is 0.308. The average Bonchev–Trinajstić information content (AvgIpc) is 3.63. The monoisotopic (exact) mass is 423 g/mol. The lowest BCUT2D eigenvalue weighted by Crippen LogP contribution is -2.33. The Balaban J connectivity index is 1.38. The summed E-state index contributed by atoms with van der Waals surface area (Å²) in [4.78, 5) is 24.0. The average molecular weight is 424 g/mol. The van der Waals surface area contributed by atoms with Gasteiger partial charge in [-0.25, -0.2) is 4.98 Å². The van der Waals surface area contributed by atoms with Crippen molar-refractivity contribution in [1.29, 1.82) is 0 Å². The summed E-state index contributed by atoms with van der Waals surface area (Å²) in [7, 11) is 0. The Bertz CT molecular complexity index is 1420. The first-order chi connectivity index (χ1) is 15.6. The van der Waals surface area contributed by atoms with Crippen LogP contribution in [-0.4, -0.2) is 26.1 Å². The van der Waals surface area contributed by atoms with Crippen LogP contribution in [0.3, 0.4) is 0 Å². The molecule has 1 aliphatic carbocycles. The molecule has 0 atom stereocenters. The van der Waals surface area contributed by atoms with Crippen LogP contribution in [0.25, 0.3) is 16.8 Å². The highest BCUT2D eigenvalue weighted by Gasteiger charge is 2.27. The molecule has 0 bridgehead atoms. The molecule has 0 radical (unpaired) electrons. The summed E-state index contributed by atoms with van der Waals surface area (Å²) in [6, 6.07) is 14.5. The summed E-state index contributed by atoms with van der Waals surface area (Å²) >= 11 is 0. The molecular weight excluding hydrogens is 398 g/mol. The van der Waals surface area contributed by atoms with E-state index in [1.807, 2.05) is 26.1 Å². The van der Waals surface area contributed by atoms with Gasteiger partial charge in [-0.3, -0.25) is 9.78 Å². The van der Waals surface area contributed by atoms with E-state index >= 15 is 0 Å². The molecule has 32 heavy (non-hydrogen) atoms. The molecular formula is C26H25N5O. The first-order valence-corrected chi connectivity index (χ1v) is 11.3. The second-order valence-corrected chi connectivity index (χ2v) is 9.02. The number of pyridine rings is 1. The highest BCUT2D eigenvalue weighted by molar-refractivity contribution is 5.69. The smallest absolute Gasteiger partial charge is 0.274 e. The van der Waals surface area contributed by atoms with E-state index in [0.29, 0.717) is 17.3 Å². The van der Waals surface area contributed by atoms with Crippen molar-refractivity contribution in [2.24, 2.45) is 0 Å². The van der Waals surface area contributed by atoms with Crippen LogP contribution in [-0.2, 0) is 13.0 Å². The Morgan fingerprint density at radius 2 is 1.91 bits per heavy atom. The van der Waals surface area contributed by atoms with Gasteiger partial charge < -0.3 is 4.90 Å². The number of anilines is 1. The van der Waals surface area contributed by atoms with Crippen molar-refractivity contribution in [3.63, 3.8) is 0 Å². The quantitative estimate of drug-likeness (QED) is 0.494. The summed E-state index contributed by atoms with van der Waals surface area (Å²) in [5.74, 6) is 1.53. The third kappa shape index (κ3) is 3.27. The summed E-state index contributed by atoms with van der Waals surface area (Å²) in [6.07, 6.45) is 5.45. The number of hydrogen-bond donors (Lipinski definition) is 0. The highest BCUT2D eigenvalue weighted by atomic mass is 16.1. The van der Waals surface area contributed by atoms with E-state index in [-0.39, 0.29) is 5.56 Å². The molecule has 6 rings (SSSR count). The predicted molar refractivity (Wildman–Crippen MR) is 125 cm³/mol. The maximum Gasteiger partial charge on any atom is 0.274 e. The van der Waals surface area contributed by atoms with Gasteiger partial charge in [0.25, 0.3) is 5.56 Å². The number of nitrogens with zero attached hydrogens (tertiary/aromatic N) is 5. The molecule has 1 fully saturated rings. The molecule has 160 valence electrons. The molecule has 1 aromatic carbocycles. The van der Waals surface area contributed by atoms with Crippen LogP contribution in [0, 0.1) is 13.8 Å². The van der Waals surface area contributed by atoms with Gasteiger partial charge >= 0.3 is 0 Å². The number of benzene rings is 1. The van der Waals surface area contributed by atoms with Gasteiger partial charge in [-0.2, -0.15) is 4.52 Å². The Morgan fingerprint density at radius 3 is 2.75 bits per heavy atom. The van der Waals surface area contributed by atoms with Gasteiger partial charge in [0, 0.05) is 48.7 Å². The van der Waals surface area contributed by atoms with E-state index in [2.05, 4.69) is 45.3 Å². The number of rotatable bonds is 3. The van der Waals surface area contributed by atoms with Crippen molar-refractivity contribution >= 4 is 11.5 Å². The zero-order valence-corrected chi connectivity index (χ0v) is 18.4. The first-order valence-electron chi connectivity index (χ1n) is 11.3. The van der Waals surface area contributed by atoms with E-state index in [1.54, 1.807) is 0 Å². The second-order valence-electron chi connectivity index (χ2n) is 9.02. The molecule has 0 saturated heterocycles. The third-order valence-corrected chi connectivity index (χ3v) is 6.57. The van der Waals surface area contributed by atoms with Crippen molar-refractivity contribution in [3.05, 3.63) is 87.1 Å². The van der Waals surface area contributed by atoms with Crippen LogP contribution in [0.4, 0.5) is 5.82 Å². The molecule has 4 aromatic rings. The van der Waals surface area contributed by atoms with E-state index in [9.17, 15) is 4.79 Å². The van der Waals surface area contributed by atoms with Gasteiger partial charge in [-0.1, -0.05) is 24.3 Å². The molecule has 4 heterocycles. The van der Waals surface area contributed by atoms with Crippen LogP contribution < -0.4 is 10.5 Å². The van der Waals surface area contributed by atoms with Gasteiger partial charge in [-0.15, -0.1) is 5.10 Å². The van der Waals surface area contributed by atoms with Crippen molar-refractivity contribution < 1.29 is 0 Å². The Hall–Kier alpha value is -3.54. The largest absolute Gasteiger partial charge is 0.350 e. The minimum atomic E-state index is -0.146. The minimum absolute atomic E-state index is 0.146. The number of hydrogen-bond acceptors (Lipinski definition) is 5. The number of aryl methyl sites for hydroxylation is 2. The highest BCUT2D eigenvalue weighted by Crippen LogP contribution is 2.44. The van der Waals surface area contributed by atoms with Crippen LogP contribution in [0.15, 0.2) is 53.5 Å². The van der Waals surface area contributed by atoms with Crippen LogP contribution >= 0.6 is 0 Å². The van der Waals surface area contributed by atoms with Crippen LogP contribution in [0.1, 0.15) is 46.8 Å². The van der Waals surface area contributed by atoms with Crippen molar-refractivity contribution in [1.82, 2.24) is 19.6 Å². The summed E-state index contributed by atoms with van der Waals surface area (Å²) in [6.45, 7) is 5.42. The first kappa shape index (κ1) is 19.2. The lowest BCUT2D eigenvalue weighted by Gasteiger charge is -2.30. The zero-order chi connectivity index (χ0) is 21.8. The standard InChI is InChI=1S/C26H25N5O/c1-16-11-24-28-17(2)12-25(32)31(24)29-26(16)30-10-9-23-20(15-30)13-19(14-27-23)22-6-4-3-5-21(22)18-7-8-18/h3-6,11-14,18H,7-10,15H2,1-2H3. The third-order valence-electron chi connectivity index (χ3n) is 6.57. The van der Waals surface area contributed by atoms with Gasteiger partial charge in [0.15, 0.2) is 11.5 Å². The molecule has 2 aliphatic rings. The molecule has 1 aliphatic heterocycles. The van der Waals surface area contributed by atoms with Gasteiger partial charge in [-0.05, 0) is 67.0 Å². The van der Waals surface area contributed by atoms with E-state index in [0.717, 1.165) is 36.6 Å². The topological polar surface area (TPSA) is 63.4 Å². The molecule has 0 spiro atoms. The summed E-state index contributed by atoms with van der Waals surface area (Å²) in [5, 5.41) is 4.69. The van der Waals surface area contributed by atoms with Gasteiger partial charge in [0.05, 0.1) is 0 Å². The molecule has 6 heteroatoms. The maximum absolute atomic E-state index is 12.5. The van der Waals surface area contributed by atoms with Crippen LogP contribution in [0.2, 0.25) is 0 Å². The van der Waals surface area contributed by atoms with Crippen molar-refractivity contribution in [2.45, 2.75) is 45.6 Å². The molecule has 0 N–H and O–H groups in total. The SMILES string of the molecule is Cc1cc(=O)n2nc(N3CCc4ncc(-c5ccccc5C5CC5)cc4C3)c(C)cc2n1. The number of fused-ring (bicyclic) bond motifs is 2. The lowest BCUT2D eigenvalue weighted by atomic mass is 9.95. The van der Waals surface area contributed by atoms with Gasteiger partial charge in [0.2, 0.25) is 0 Å². The summed E-state index contributed by atoms with van der Waals surface area (Å²) < 4.78 is 1.41. The fourth-order valence-electron chi connectivity index (χ4n) is 4.82. The van der Waals surface area contributed by atoms with E-state index < -0.39 is 0 Å². The second kappa shape index (κ2) is 7.26. The van der Waals surface area contributed by atoms with Crippen molar-refractivity contribution in [2.75, 3.05) is 11.4 Å². The lowest BCUT2D eigenvalue weighted by molar-refractivity contribution is 0.685. The zero-order valence-electron chi connectivity index (χ0n) is 18.4. The normalized spacial score (nSPS) is 15.8. The van der Waals surface area contributed by atoms with Gasteiger partial charge in [0.1, 0.15) is 0 Å². The predicted octanol–water partition coefficient (Wildman–Crippen LogP) is 4.21. The van der Waals surface area contributed by atoms with E-state index in [4.69, 9.17) is 4.98 Å². The molecule has 3 aromatic heterocycles. The minimum Gasteiger partial charge on any atom is -0.350 e. The Morgan fingerprint density at radius 1 is 1.06 bits per heavy atom. The fourth-order valence-corrected chi connectivity index (χ4v) is 4.82.